The fraction of sp³-hybridized carbons (Fsp3) is 0.364. The van der Waals surface area contributed by atoms with Gasteiger partial charge in [-0.25, -0.2) is 4.98 Å². The van der Waals surface area contributed by atoms with Crippen molar-refractivity contribution in [2.75, 3.05) is 19.6 Å². The number of hydrogen-bond donors (Lipinski definition) is 2. The molecule has 0 bridgehead atoms. The summed E-state index contributed by atoms with van der Waals surface area (Å²) < 4.78 is 7.03. The van der Waals surface area contributed by atoms with Crippen molar-refractivity contribution in [2.24, 2.45) is 5.92 Å². The van der Waals surface area contributed by atoms with Crippen LogP contribution in [0.2, 0.25) is 0 Å². The Bertz CT molecular complexity index is 890. The Kier molecular flexibility index (Phi) is 6.19. The standard InChI is InChI=1S/C22H25N3O2S/c26-21-17(12-15-24-21)4-3-13-23-14-11-16-7-9-18(10-8-16)27-22-25-19-5-1-2-6-20(19)28-22/h1-2,5-10,17,23H,3-4,11-15H2,(H,24,26). The van der Waals surface area contributed by atoms with Gasteiger partial charge in [-0.15, -0.1) is 0 Å². The Labute approximate surface area is 169 Å². The first kappa shape index (κ1) is 18.9. The summed E-state index contributed by atoms with van der Waals surface area (Å²) in [6, 6.07) is 16.3. The van der Waals surface area contributed by atoms with Crippen LogP contribution in [0, 0.1) is 5.92 Å². The third-order valence-electron chi connectivity index (χ3n) is 5.06. The molecule has 1 aromatic heterocycles. The van der Waals surface area contributed by atoms with E-state index in [0.29, 0.717) is 5.19 Å². The molecular formula is C22H25N3O2S. The van der Waals surface area contributed by atoms with Crippen LogP contribution in [0.5, 0.6) is 10.9 Å². The van der Waals surface area contributed by atoms with Crippen molar-refractivity contribution >= 4 is 27.5 Å². The number of nitrogens with zero attached hydrogens (tertiary/aromatic N) is 1. The summed E-state index contributed by atoms with van der Waals surface area (Å²) >= 11 is 1.56. The van der Waals surface area contributed by atoms with Gasteiger partial charge in [-0.3, -0.25) is 4.79 Å². The zero-order valence-corrected chi connectivity index (χ0v) is 16.6. The van der Waals surface area contributed by atoms with Crippen LogP contribution in [-0.2, 0) is 11.2 Å². The number of para-hydroxylation sites is 1. The van der Waals surface area contributed by atoms with Gasteiger partial charge in [0, 0.05) is 12.5 Å². The summed E-state index contributed by atoms with van der Waals surface area (Å²) in [5.41, 5.74) is 2.25. The van der Waals surface area contributed by atoms with Gasteiger partial charge >= 0.3 is 0 Å². The van der Waals surface area contributed by atoms with Crippen LogP contribution >= 0.6 is 11.3 Å². The van der Waals surface area contributed by atoms with Crippen molar-refractivity contribution in [1.82, 2.24) is 15.6 Å². The Morgan fingerprint density at radius 3 is 2.79 bits per heavy atom. The number of hydrogen-bond acceptors (Lipinski definition) is 5. The molecule has 1 saturated heterocycles. The highest BCUT2D eigenvalue weighted by molar-refractivity contribution is 7.20. The van der Waals surface area contributed by atoms with E-state index >= 15 is 0 Å². The molecule has 0 spiro atoms. The van der Waals surface area contributed by atoms with Crippen LogP contribution in [0.1, 0.15) is 24.8 Å². The predicted molar refractivity (Wildman–Crippen MR) is 113 cm³/mol. The van der Waals surface area contributed by atoms with E-state index in [4.69, 9.17) is 4.74 Å². The smallest absolute Gasteiger partial charge is 0.279 e. The summed E-state index contributed by atoms with van der Waals surface area (Å²) in [5, 5.41) is 7.04. The fourth-order valence-electron chi connectivity index (χ4n) is 3.47. The minimum absolute atomic E-state index is 0.227. The molecule has 0 saturated carbocycles. The highest BCUT2D eigenvalue weighted by atomic mass is 32.1. The van der Waals surface area contributed by atoms with Gasteiger partial charge < -0.3 is 15.4 Å². The van der Waals surface area contributed by atoms with Crippen molar-refractivity contribution in [3.63, 3.8) is 0 Å². The Balaban J connectivity index is 1.17. The minimum Gasteiger partial charge on any atom is -0.431 e. The second-order valence-corrected chi connectivity index (χ2v) is 8.11. The van der Waals surface area contributed by atoms with Crippen LogP contribution in [0.3, 0.4) is 0 Å². The molecule has 2 N–H and O–H groups in total. The molecule has 1 aliphatic heterocycles. The lowest BCUT2D eigenvalue weighted by molar-refractivity contribution is -0.122. The average Bonchev–Trinajstić information content (AvgIpc) is 3.31. The molecule has 1 aliphatic rings. The van der Waals surface area contributed by atoms with Gasteiger partial charge in [0.2, 0.25) is 5.91 Å². The van der Waals surface area contributed by atoms with E-state index in [9.17, 15) is 4.79 Å². The van der Waals surface area contributed by atoms with Gasteiger partial charge in [0.15, 0.2) is 0 Å². The molecule has 3 aromatic rings. The van der Waals surface area contributed by atoms with Crippen LogP contribution in [0.25, 0.3) is 10.2 Å². The molecule has 6 heteroatoms. The molecule has 0 radical (unpaired) electrons. The number of benzene rings is 2. The number of aromatic nitrogens is 1. The first-order valence-corrected chi connectivity index (χ1v) is 10.7. The topological polar surface area (TPSA) is 63.2 Å². The summed E-state index contributed by atoms with van der Waals surface area (Å²) in [7, 11) is 0. The monoisotopic (exact) mass is 395 g/mol. The summed E-state index contributed by atoms with van der Waals surface area (Å²) in [6.07, 6.45) is 4.00. The summed E-state index contributed by atoms with van der Waals surface area (Å²) in [5.74, 6) is 1.27. The Hall–Kier alpha value is -2.44. The zero-order chi connectivity index (χ0) is 19.2. The molecule has 1 fully saturated rings. The maximum atomic E-state index is 11.5. The van der Waals surface area contributed by atoms with Crippen LogP contribution in [-0.4, -0.2) is 30.5 Å². The van der Waals surface area contributed by atoms with Crippen LogP contribution < -0.4 is 15.4 Å². The molecule has 5 nitrogen and oxygen atoms in total. The van der Waals surface area contributed by atoms with E-state index in [-0.39, 0.29) is 11.8 Å². The second-order valence-electron chi connectivity index (χ2n) is 7.11. The van der Waals surface area contributed by atoms with Gasteiger partial charge in [0.05, 0.1) is 10.2 Å². The normalized spacial score (nSPS) is 16.4. The van der Waals surface area contributed by atoms with Crippen molar-refractivity contribution in [3.05, 3.63) is 54.1 Å². The molecule has 146 valence electrons. The Morgan fingerprint density at radius 2 is 2.00 bits per heavy atom. The van der Waals surface area contributed by atoms with Gasteiger partial charge in [-0.1, -0.05) is 35.6 Å². The van der Waals surface area contributed by atoms with Crippen LogP contribution in [0.4, 0.5) is 0 Å². The van der Waals surface area contributed by atoms with E-state index in [0.717, 1.165) is 61.3 Å². The number of carbonyl (C=O) groups is 1. The molecule has 4 rings (SSSR count). The van der Waals surface area contributed by atoms with Crippen molar-refractivity contribution in [2.45, 2.75) is 25.7 Å². The first-order chi connectivity index (χ1) is 13.8. The zero-order valence-electron chi connectivity index (χ0n) is 15.8. The van der Waals surface area contributed by atoms with E-state index in [1.807, 2.05) is 30.3 Å². The minimum atomic E-state index is 0.227. The lowest BCUT2D eigenvalue weighted by atomic mass is 10.0. The number of ether oxygens (including phenoxy) is 1. The molecule has 1 atom stereocenters. The third kappa shape index (κ3) is 4.88. The molecule has 28 heavy (non-hydrogen) atoms. The predicted octanol–water partition coefficient (Wildman–Crippen LogP) is 4.14. The van der Waals surface area contributed by atoms with Gasteiger partial charge in [-0.2, -0.15) is 0 Å². The van der Waals surface area contributed by atoms with E-state index in [1.165, 1.54) is 5.56 Å². The van der Waals surface area contributed by atoms with Crippen LogP contribution in [0.15, 0.2) is 48.5 Å². The molecule has 2 heterocycles. The number of nitrogens with one attached hydrogen (secondary N) is 2. The molecule has 1 amide bonds. The van der Waals surface area contributed by atoms with Gasteiger partial charge in [-0.05, 0) is 68.6 Å². The maximum absolute atomic E-state index is 11.5. The average molecular weight is 396 g/mol. The van der Waals surface area contributed by atoms with E-state index in [1.54, 1.807) is 11.3 Å². The van der Waals surface area contributed by atoms with E-state index in [2.05, 4.69) is 33.8 Å². The number of rotatable bonds is 9. The largest absolute Gasteiger partial charge is 0.431 e. The summed E-state index contributed by atoms with van der Waals surface area (Å²) in [4.78, 5) is 16.0. The Morgan fingerprint density at radius 1 is 1.14 bits per heavy atom. The third-order valence-corrected chi connectivity index (χ3v) is 5.98. The first-order valence-electron chi connectivity index (χ1n) is 9.89. The van der Waals surface area contributed by atoms with Crippen molar-refractivity contribution in [3.8, 4) is 10.9 Å². The molecular weight excluding hydrogens is 370 g/mol. The lowest BCUT2D eigenvalue weighted by Gasteiger charge is -2.08. The number of amides is 1. The number of carbonyl (C=O) groups excluding carboxylic acids is 1. The van der Waals surface area contributed by atoms with Gasteiger partial charge in [0.25, 0.3) is 5.19 Å². The fourth-order valence-corrected chi connectivity index (χ4v) is 4.31. The summed E-state index contributed by atoms with van der Waals surface area (Å²) in [6.45, 7) is 2.74. The van der Waals surface area contributed by atoms with Crippen molar-refractivity contribution in [1.29, 1.82) is 0 Å². The number of thiazole rings is 1. The molecule has 1 unspecified atom stereocenters. The number of fused-ring (bicyclic) bond motifs is 1. The SMILES string of the molecule is O=C1NCCC1CCCNCCc1ccc(Oc2nc3ccccc3s2)cc1. The highest BCUT2D eigenvalue weighted by Gasteiger charge is 2.22. The van der Waals surface area contributed by atoms with Gasteiger partial charge in [0.1, 0.15) is 5.75 Å². The van der Waals surface area contributed by atoms with Crippen molar-refractivity contribution < 1.29 is 9.53 Å². The molecule has 2 aromatic carbocycles. The lowest BCUT2D eigenvalue weighted by Crippen LogP contribution is -2.22. The quantitative estimate of drug-likeness (QED) is 0.535. The molecule has 0 aliphatic carbocycles. The highest BCUT2D eigenvalue weighted by Crippen LogP contribution is 2.31. The van der Waals surface area contributed by atoms with E-state index < -0.39 is 0 Å². The maximum Gasteiger partial charge on any atom is 0.279 e. The second kappa shape index (κ2) is 9.17.